The van der Waals surface area contributed by atoms with Crippen LogP contribution in [0.5, 0.6) is 11.6 Å². The Balaban J connectivity index is 2.44. The molecule has 1 aromatic heterocycles. The third-order valence-electron chi connectivity index (χ3n) is 2.62. The summed E-state index contributed by atoms with van der Waals surface area (Å²) in [5.41, 5.74) is 0.259. The third-order valence-corrected chi connectivity index (χ3v) is 3.24. The molecule has 1 N–H and O–H groups in total. The van der Waals surface area contributed by atoms with Gasteiger partial charge in [-0.15, -0.1) is 0 Å². The minimum atomic E-state index is -1.11. The minimum Gasteiger partial charge on any atom is -0.478 e. The van der Waals surface area contributed by atoms with Gasteiger partial charge < -0.3 is 9.84 Å². The molecule has 0 aliphatic carbocycles. The smallest absolute Gasteiger partial charge is 0.337 e. The van der Waals surface area contributed by atoms with Crippen LogP contribution >= 0.6 is 15.9 Å². The van der Waals surface area contributed by atoms with Crippen LogP contribution in [0.4, 0.5) is 5.69 Å². The number of hydrogen-bond donors (Lipinski definition) is 1. The molecule has 0 bridgehead atoms. The molecule has 0 saturated heterocycles. The van der Waals surface area contributed by atoms with Gasteiger partial charge in [0.05, 0.1) is 15.0 Å². The molecule has 0 fully saturated rings. The van der Waals surface area contributed by atoms with Gasteiger partial charge in [0.25, 0.3) is 0 Å². The van der Waals surface area contributed by atoms with E-state index in [0.717, 1.165) is 6.20 Å². The van der Waals surface area contributed by atoms with Crippen molar-refractivity contribution < 1.29 is 19.6 Å². The highest BCUT2D eigenvalue weighted by Gasteiger charge is 2.20. The summed E-state index contributed by atoms with van der Waals surface area (Å²) >= 11 is 3.18. The fourth-order valence-electron chi connectivity index (χ4n) is 1.62. The number of pyridine rings is 1. The zero-order valence-corrected chi connectivity index (χ0v) is 12.3. The van der Waals surface area contributed by atoms with E-state index in [1.54, 1.807) is 13.0 Å². The summed E-state index contributed by atoms with van der Waals surface area (Å²) in [6, 6.07) is 5.81. The van der Waals surface area contributed by atoms with Gasteiger partial charge in [-0.05, 0) is 35.0 Å². The summed E-state index contributed by atoms with van der Waals surface area (Å²) in [7, 11) is 0. The molecule has 7 nitrogen and oxygen atoms in total. The van der Waals surface area contributed by atoms with E-state index in [2.05, 4.69) is 20.9 Å². The first kappa shape index (κ1) is 14.9. The fraction of sp³-hybridized carbons (Fsp3) is 0.0769. The lowest BCUT2D eigenvalue weighted by Crippen LogP contribution is -2.01. The summed E-state index contributed by atoms with van der Waals surface area (Å²) in [5.74, 6) is -0.986. The number of carbonyl (C=O) groups is 1. The number of ether oxygens (including phenoxy) is 1. The van der Waals surface area contributed by atoms with Crippen LogP contribution in [0.1, 0.15) is 15.9 Å². The second-order valence-electron chi connectivity index (χ2n) is 4.10. The van der Waals surface area contributed by atoms with Crippen LogP contribution in [0, 0.1) is 17.0 Å². The van der Waals surface area contributed by atoms with E-state index in [1.807, 2.05) is 0 Å². The van der Waals surface area contributed by atoms with Crippen LogP contribution in [0.25, 0.3) is 0 Å². The van der Waals surface area contributed by atoms with Crippen molar-refractivity contribution in [2.75, 3.05) is 0 Å². The van der Waals surface area contributed by atoms with Crippen LogP contribution in [-0.2, 0) is 0 Å². The van der Waals surface area contributed by atoms with Gasteiger partial charge >= 0.3 is 11.7 Å². The minimum absolute atomic E-state index is 0.0150. The first-order valence-electron chi connectivity index (χ1n) is 5.71. The van der Waals surface area contributed by atoms with E-state index in [1.165, 1.54) is 18.2 Å². The summed E-state index contributed by atoms with van der Waals surface area (Å²) in [5, 5.41) is 19.9. The van der Waals surface area contributed by atoms with Crippen molar-refractivity contribution in [3.63, 3.8) is 0 Å². The first-order chi connectivity index (χ1) is 9.90. The molecule has 0 amide bonds. The number of hydrogen-bond acceptors (Lipinski definition) is 5. The average molecular weight is 353 g/mol. The highest BCUT2D eigenvalue weighted by Crippen LogP contribution is 2.38. The molecule has 8 heteroatoms. The number of carboxylic acids is 1. The highest BCUT2D eigenvalue weighted by molar-refractivity contribution is 9.10. The zero-order valence-electron chi connectivity index (χ0n) is 10.7. The third kappa shape index (κ3) is 3.16. The largest absolute Gasteiger partial charge is 0.478 e. The van der Waals surface area contributed by atoms with Gasteiger partial charge in [0, 0.05) is 17.8 Å². The average Bonchev–Trinajstić information content (AvgIpc) is 2.42. The number of nitro benzene ring substituents is 1. The molecular weight excluding hydrogens is 344 g/mol. The molecule has 0 aliphatic rings. The standard InChI is InChI=1S/C13H9BrN2O5/c1-7-5-8(13(17)18)6-15-12(7)21-11-9(14)3-2-4-10(11)16(19)20/h2-6H,1H3,(H,17,18). The zero-order chi connectivity index (χ0) is 15.6. The number of halogens is 1. The van der Waals surface area contributed by atoms with E-state index in [4.69, 9.17) is 9.84 Å². The van der Waals surface area contributed by atoms with Crippen LogP contribution in [0.3, 0.4) is 0 Å². The number of aromatic carboxylic acids is 1. The molecule has 2 aromatic rings. The second-order valence-corrected chi connectivity index (χ2v) is 4.95. The number of nitro groups is 1. The topological polar surface area (TPSA) is 103 Å². The summed E-state index contributed by atoms with van der Waals surface area (Å²) in [4.78, 5) is 25.2. The number of nitrogens with zero attached hydrogens (tertiary/aromatic N) is 2. The Morgan fingerprint density at radius 2 is 2.19 bits per heavy atom. The number of carboxylic acid groups (broad SMARTS) is 1. The normalized spacial score (nSPS) is 10.2. The van der Waals surface area contributed by atoms with E-state index >= 15 is 0 Å². The lowest BCUT2D eigenvalue weighted by atomic mass is 10.2. The maximum atomic E-state index is 11.0. The molecule has 0 spiro atoms. The summed E-state index contributed by atoms with van der Waals surface area (Å²) < 4.78 is 5.88. The Bertz CT molecular complexity index is 732. The number of aromatic nitrogens is 1. The number of aryl methyl sites for hydroxylation is 1. The Morgan fingerprint density at radius 1 is 1.48 bits per heavy atom. The van der Waals surface area contributed by atoms with Gasteiger partial charge in [-0.1, -0.05) is 6.07 Å². The number of para-hydroxylation sites is 1. The van der Waals surface area contributed by atoms with Crippen LogP contribution in [-0.4, -0.2) is 21.0 Å². The molecular formula is C13H9BrN2O5. The quantitative estimate of drug-likeness (QED) is 0.666. The lowest BCUT2D eigenvalue weighted by molar-refractivity contribution is -0.385. The lowest BCUT2D eigenvalue weighted by Gasteiger charge is -2.09. The SMILES string of the molecule is Cc1cc(C(=O)O)cnc1Oc1c(Br)cccc1[N+](=O)[O-]. The van der Waals surface area contributed by atoms with E-state index < -0.39 is 10.9 Å². The Labute approximate surface area is 127 Å². The van der Waals surface area contributed by atoms with Gasteiger partial charge in [-0.25, -0.2) is 9.78 Å². The van der Waals surface area contributed by atoms with Crippen molar-refractivity contribution in [2.24, 2.45) is 0 Å². The molecule has 0 radical (unpaired) electrons. The molecule has 1 heterocycles. The predicted molar refractivity (Wildman–Crippen MR) is 76.8 cm³/mol. The molecule has 0 unspecified atom stereocenters. The van der Waals surface area contributed by atoms with Crippen molar-refractivity contribution >= 4 is 27.6 Å². The number of rotatable bonds is 4. The van der Waals surface area contributed by atoms with Gasteiger partial charge in [0.2, 0.25) is 11.6 Å². The predicted octanol–water partition coefficient (Wildman–Crippen LogP) is 3.55. The molecule has 0 atom stereocenters. The van der Waals surface area contributed by atoms with Gasteiger partial charge in [-0.3, -0.25) is 10.1 Å². The van der Waals surface area contributed by atoms with Crippen LogP contribution in [0.2, 0.25) is 0 Å². The van der Waals surface area contributed by atoms with Crippen molar-refractivity contribution in [1.82, 2.24) is 4.98 Å². The Morgan fingerprint density at radius 3 is 2.76 bits per heavy atom. The maximum absolute atomic E-state index is 11.0. The van der Waals surface area contributed by atoms with Crippen LogP contribution in [0.15, 0.2) is 34.9 Å². The Hall–Kier alpha value is -2.48. The highest BCUT2D eigenvalue weighted by atomic mass is 79.9. The fourth-order valence-corrected chi connectivity index (χ4v) is 2.06. The summed E-state index contributed by atoms with van der Waals surface area (Å²) in [6.07, 6.45) is 1.13. The molecule has 0 aliphatic heterocycles. The van der Waals surface area contributed by atoms with Gasteiger partial charge in [0.1, 0.15) is 0 Å². The van der Waals surface area contributed by atoms with E-state index in [9.17, 15) is 14.9 Å². The maximum Gasteiger partial charge on any atom is 0.337 e. The molecule has 0 saturated carbocycles. The molecule has 21 heavy (non-hydrogen) atoms. The first-order valence-corrected chi connectivity index (χ1v) is 6.50. The molecule has 2 rings (SSSR count). The Kier molecular flexibility index (Phi) is 4.18. The van der Waals surface area contributed by atoms with E-state index in [0.29, 0.717) is 10.0 Å². The van der Waals surface area contributed by atoms with Crippen molar-refractivity contribution in [2.45, 2.75) is 6.92 Å². The summed E-state index contributed by atoms with van der Waals surface area (Å²) in [6.45, 7) is 1.61. The van der Waals surface area contributed by atoms with Crippen molar-refractivity contribution in [1.29, 1.82) is 0 Å². The van der Waals surface area contributed by atoms with Crippen molar-refractivity contribution in [3.8, 4) is 11.6 Å². The molecule has 1 aromatic carbocycles. The van der Waals surface area contributed by atoms with Crippen LogP contribution < -0.4 is 4.74 Å². The molecule has 108 valence electrons. The second kappa shape index (κ2) is 5.88. The van der Waals surface area contributed by atoms with E-state index in [-0.39, 0.29) is 22.9 Å². The van der Waals surface area contributed by atoms with Gasteiger partial charge in [-0.2, -0.15) is 0 Å². The number of benzene rings is 1. The monoisotopic (exact) mass is 352 g/mol. The van der Waals surface area contributed by atoms with Gasteiger partial charge in [0.15, 0.2) is 0 Å². The van der Waals surface area contributed by atoms with Crippen molar-refractivity contribution in [3.05, 3.63) is 56.2 Å².